The minimum Gasteiger partial charge on any atom is -0.488 e. The SMILES string of the molecule is O=C1C(=Cc2cnc(N3CCCC3)nc2)COc2ccc(Br)cc21. The Labute approximate surface area is 148 Å². The Balaban J connectivity index is 1.58. The minimum absolute atomic E-state index is 0.0128. The first kappa shape index (κ1) is 15.3. The maximum Gasteiger partial charge on any atom is 0.225 e. The molecule has 0 bridgehead atoms. The monoisotopic (exact) mass is 385 g/mol. The number of hydrogen-bond acceptors (Lipinski definition) is 5. The normalized spacial score (nSPS) is 18.6. The van der Waals surface area contributed by atoms with Crippen LogP contribution in [0.1, 0.15) is 28.8 Å². The molecule has 24 heavy (non-hydrogen) atoms. The number of carbonyl (C=O) groups excluding carboxylic acids is 1. The van der Waals surface area contributed by atoms with Crippen molar-refractivity contribution in [1.29, 1.82) is 0 Å². The molecule has 0 amide bonds. The number of benzene rings is 1. The molecule has 3 heterocycles. The number of halogens is 1. The minimum atomic E-state index is -0.0128. The highest BCUT2D eigenvalue weighted by atomic mass is 79.9. The Kier molecular flexibility index (Phi) is 4.06. The number of ketones is 1. The summed E-state index contributed by atoms with van der Waals surface area (Å²) >= 11 is 3.39. The topological polar surface area (TPSA) is 55.3 Å². The fourth-order valence-corrected chi connectivity index (χ4v) is 3.36. The molecule has 1 saturated heterocycles. The Hall–Kier alpha value is -2.21. The molecule has 122 valence electrons. The van der Waals surface area contributed by atoms with E-state index in [-0.39, 0.29) is 12.4 Å². The van der Waals surface area contributed by atoms with E-state index in [4.69, 9.17) is 4.74 Å². The second kappa shape index (κ2) is 6.36. The van der Waals surface area contributed by atoms with E-state index in [1.807, 2.05) is 12.1 Å². The van der Waals surface area contributed by atoms with E-state index < -0.39 is 0 Å². The van der Waals surface area contributed by atoms with Gasteiger partial charge in [-0.2, -0.15) is 0 Å². The molecule has 0 saturated carbocycles. The van der Waals surface area contributed by atoms with E-state index in [2.05, 4.69) is 30.8 Å². The number of Topliss-reactive ketones (excluding diaryl/α,β-unsaturated/α-hetero) is 1. The van der Waals surface area contributed by atoms with Gasteiger partial charge in [-0.05, 0) is 37.1 Å². The van der Waals surface area contributed by atoms with Crippen molar-refractivity contribution in [2.45, 2.75) is 12.8 Å². The van der Waals surface area contributed by atoms with Crippen LogP contribution >= 0.6 is 15.9 Å². The maximum atomic E-state index is 12.6. The van der Waals surface area contributed by atoms with Crippen LogP contribution in [0.3, 0.4) is 0 Å². The average molecular weight is 386 g/mol. The molecule has 2 aromatic rings. The summed E-state index contributed by atoms with van der Waals surface area (Å²) in [6, 6.07) is 5.46. The third kappa shape index (κ3) is 2.94. The maximum absolute atomic E-state index is 12.6. The molecule has 5 nitrogen and oxygen atoms in total. The third-order valence-electron chi connectivity index (χ3n) is 4.25. The van der Waals surface area contributed by atoms with Crippen LogP contribution in [0.5, 0.6) is 5.75 Å². The van der Waals surface area contributed by atoms with Gasteiger partial charge in [0.15, 0.2) is 5.78 Å². The van der Waals surface area contributed by atoms with Crippen molar-refractivity contribution in [3.05, 3.63) is 51.8 Å². The lowest BCUT2D eigenvalue weighted by molar-refractivity contribution is 0.100. The largest absolute Gasteiger partial charge is 0.488 e. The highest BCUT2D eigenvalue weighted by molar-refractivity contribution is 9.10. The van der Waals surface area contributed by atoms with E-state index in [0.717, 1.165) is 29.1 Å². The van der Waals surface area contributed by atoms with E-state index in [9.17, 15) is 4.79 Å². The lowest BCUT2D eigenvalue weighted by atomic mass is 9.99. The van der Waals surface area contributed by atoms with Gasteiger partial charge in [0.1, 0.15) is 12.4 Å². The molecular weight excluding hydrogens is 370 g/mol. The van der Waals surface area contributed by atoms with E-state index in [1.54, 1.807) is 24.5 Å². The van der Waals surface area contributed by atoms with Crippen LogP contribution in [0.25, 0.3) is 6.08 Å². The summed E-state index contributed by atoms with van der Waals surface area (Å²) in [6.45, 7) is 2.29. The number of carbonyl (C=O) groups is 1. The fourth-order valence-electron chi connectivity index (χ4n) is 2.99. The van der Waals surface area contributed by atoms with E-state index >= 15 is 0 Å². The lowest BCUT2D eigenvalue weighted by Crippen LogP contribution is -2.20. The van der Waals surface area contributed by atoms with Crippen molar-refractivity contribution in [3.63, 3.8) is 0 Å². The summed E-state index contributed by atoms with van der Waals surface area (Å²) in [5.74, 6) is 1.37. The molecule has 2 aliphatic heterocycles. The molecule has 0 atom stereocenters. The molecular formula is C18H16BrN3O2. The number of fused-ring (bicyclic) bond motifs is 1. The summed E-state index contributed by atoms with van der Waals surface area (Å²) in [7, 11) is 0. The molecule has 0 N–H and O–H groups in total. The molecule has 0 aliphatic carbocycles. The second-order valence-electron chi connectivity index (χ2n) is 5.94. The van der Waals surface area contributed by atoms with Gasteiger partial charge in [0.25, 0.3) is 0 Å². The van der Waals surface area contributed by atoms with Gasteiger partial charge in [0.2, 0.25) is 5.95 Å². The average Bonchev–Trinajstić information content (AvgIpc) is 3.13. The summed E-state index contributed by atoms with van der Waals surface area (Å²) in [5.41, 5.74) is 2.00. The Morgan fingerprint density at radius 1 is 1.17 bits per heavy atom. The van der Waals surface area contributed by atoms with Gasteiger partial charge in [0.05, 0.1) is 5.56 Å². The number of aromatic nitrogens is 2. The Morgan fingerprint density at radius 3 is 2.67 bits per heavy atom. The van der Waals surface area contributed by atoms with Crippen LogP contribution in [-0.4, -0.2) is 35.4 Å². The number of rotatable bonds is 2. The molecule has 4 rings (SSSR count). The number of nitrogens with zero attached hydrogens (tertiary/aromatic N) is 3. The molecule has 2 aliphatic rings. The van der Waals surface area contributed by atoms with Gasteiger partial charge in [-0.1, -0.05) is 15.9 Å². The molecule has 0 spiro atoms. The van der Waals surface area contributed by atoms with Crippen LogP contribution in [0.4, 0.5) is 5.95 Å². The smallest absolute Gasteiger partial charge is 0.225 e. The second-order valence-corrected chi connectivity index (χ2v) is 6.85. The van der Waals surface area contributed by atoms with Crippen molar-refractivity contribution < 1.29 is 9.53 Å². The van der Waals surface area contributed by atoms with Crippen LogP contribution in [-0.2, 0) is 0 Å². The molecule has 1 fully saturated rings. The van der Waals surface area contributed by atoms with Crippen LogP contribution in [0, 0.1) is 0 Å². The number of ether oxygens (including phenoxy) is 1. The van der Waals surface area contributed by atoms with Gasteiger partial charge in [-0.3, -0.25) is 4.79 Å². The number of hydrogen-bond donors (Lipinski definition) is 0. The quantitative estimate of drug-likeness (QED) is 0.740. The lowest BCUT2D eigenvalue weighted by Gasteiger charge is -2.19. The van der Waals surface area contributed by atoms with Gasteiger partial charge >= 0.3 is 0 Å². The van der Waals surface area contributed by atoms with Crippen molar-refractivity contribution in [2.75, 3.05) is 24.6 Å². The summed E-state index contributed by atoms with van der Waals surface area (Å²) in [5, 5.41) is 0. The number of anilines is 1. The van der Waals surface area contributed by atoms with E-state index in [0.29, 0.717) is 16.9 Å². The zero-order chi connectivity index (χ0) is 16.5. The van der Waals surface area contributed by atoms with E-state index in [1.165, 1.54) is 12.8 Å². The molecule has 0 unspecified atom stereocenters. The van der Waals surface area contributed by atoms with Crippen molar-refractivity contribution in [2.24, 2.45) is 0 Å². The van der Waals surface area contributed by atoms with Crippen LogP contribution in [0.15, 0.2) is 40.6 Å². The van der Waals surface area contributed by atoms with Gasteiger partial charge < -0.3 is 9.64 Å². The van der Waals surface area contributed by atoms with Gasteiger partial charge in [0, 0.05) is 41.1 Å². The van der Waals surface area contributed by atoms with Crippen LogP contribution in [0.2, 0.25) is 0 Å². The predicted octanol–water partition coefficient (Wildman–Crippen LogP) is 3.50. The van der Waals surface area contributed by atoms with Gasteiger partial charge in [-0.15, -0.1) is 0 Å². The van der Waals surface area contributed by atoms with Crippen molar-refractivity contribution in [1.82, 2.24) is 9.97 Å². The standard InChI is InChI=1S/C18H16BrN3O2/c19-14-3-4-16-15(8-14)17(23)13(11-24-16)7-12-9-20-18(21-10-12)22-5-1-2-6-22/h3-4,7-10H,1-2,5-6,11H2. The van der Waals surface area contributed by atoms with Crippen molar-refractivity contribution in [3.8, 4) is 5.75 Å². The Bertz CT molecular complexity index is 812. The highest BCUT2D eigenvalue weighted by Gasteiger charge is 2.23. The zero-order valence-electron chi connectivity index (χ0n) is 13.0. The summed E-state index contributed by atoms with van der Waals surface area (Å²) < 4.78 is 6.54. The van der Waals surface area contributed by atoms with Crippen LogP contribution < -0.4 is 9.64 Å². The fraction of sp³-hybridized carbons (Fsp3) is 0.278. The Morgan fingerprint density at radius 2 is 1.92 bits per heavy atom. The molecule has 1 aromatic carbocycles. The first-order chi connectivity index (χ1) is 11.7. The molecule has 0 radical (unpaired) electrons. The third-order valence-corrected chi connectivity index (χ3v) is 4.74. The first-order valence-electron chi connectivity index (χ1n) is 7.95. The summed E-state index contributed by atoms with van der Waals surface area (Å²) in [6.07, 6.45) is 7.71. The predicted molar refractivity (Wildman–Crippen MR) is 95.4 cm³/mol. The first-order valence-corrected chi connectivity index (χ1v) is 8.74. The highest BCUT2D eigenvalue weighted by Crippen LogP contribution is 2.30. The summed E-state index contributed by atoms with van der Waals surface area (Å²) in [4.78, 5) is 23.7. The van der Waals surface area contributed by atoms with Crippen molar-refractivity contribution >= 4 is 33.7 Å². The molecule has 6 heteroatoms. The zero-order valence-corrected chi connectivity index (χ0v) is 14.6. The molecule has 1 aromatic heterocycles. The van der Waals surface area contributed by atoms with Gasteiger partial charge in [-0.25, -0.2) is 9.97 Å².